The van der Waals surface area contributed by atoms with E-state index in [1.165, 1.54) is 23.5 Å². The highest BCUT2D eigenvalue weighted by atomic mass is 79.9. The number of anilines is 1. The minimum atomic E-state index is -0.532. The van der Waals surface area contributed by atoms with Gasteiger partial charge < -0.3 is 5.32 Å². The molecule has 3 rings (SSSR count). The van der Waals surface area contributed by atoms with E-state index >= 15 is 0 Å². The number of carbonyl (C=O) groups excluding carboxylic acids is 1. The third kappa shape index (κ3) is 4.07. The Kier molecular flexibility index (Phi) is 4.84. The molecule has 128 valence electrons. The molecule has 0 unspecified atom stereocenters. The average molecular weight is 406 g/mol. The van der Waals surface area contributed by atoms with Gasteiger partial charge in [-0.15, -0.1) is 0 Å². The Labute approximate surface area is 149 Å². The molecular formula is C14H12BrN7O3. The molecule has 1 aromatic carbocycles. The van der Waals surface area contributed by atoms with E-state index in [1.54, 1.807) is 16.8 Å². The quantitative estimate of drug-likeness (QED) is 0.495. The maximum Gasteiger partial charge on any atom is 0.306 e. The number of benzene rings is 1. The lowest BCUT2D eigenvalue weighted by atomic mass is 10.2. The molecule has 1 N–H and O–H groups in total. The molecule has 3 aromatic rings. The van der Waals surface area contributed by atoms with Crippen LogP contribution in [0.4, 0.5) is 11.4 Å². The van der Waals surface area contributed by atoms with E-state index in [9.17, 15) is 14.9 Å². The Morgan fingerprint density at radius 2 is 2.20 bits per heavy atom. The second-order valence-corrected chi connectivity index (χ2v) is 5.93. The number of nitrogens with zero attached hydrogens (tertiary/aromatic N) is 6. The van der Waals surface area contributed by atoms with Crippen molar-refractivity contribution in [2.75, 3.05) is 5.32 Å². The first-order valence-corrected chi connectivity index (χ1v) is 7.93. The van der Waals surface area contributed by atoms with Crippen LogP contribution in [-0.2, 0) is 11.3 Å². The number of nitro groups is 1. The Hall–Kier alpha value is -3.08. The number of halogens is 1. The molecule has 0 aliphatic carbocycles. The highest BCUT2D eigenvalue weighted by Crippen LogP contribution is 2.24. The van der Waals surface area contributed by atoms with Crippen LogP contribution in [0.3, 0.4) is 0 Å². The lowest BCUT2D eigenvalue weighted by Gasteiger charge is -2.11. The highest BCUT2D eigenvalue weighted by Gasteiger charge is 2.12. The summed E-state index contributed by atoms with van der Waals surface area (Å²) in [6.07, 6.45) is 5.48. The van der Waals surface area contributed by atoms with Gasteiger partial charge in [0.25, 0.3) is 0 Å². The normalized spacial score (nSPS) is 10.6. The Balaban J connectivity index is 1.68. The minimum Gasteiger partial charge on any atom is -0.324 e. The summed E-state index contributed by atoms with van der Waals surface area (Å²) >= 11 is 3.37. The van der Waals surface area contributed by atoms with E-state index in [-0.39, 0.29) is 24.6 Å². The van der Waals surface area contributed by atoms with Crippen molar-refractivity contribution < 1.29 is 9.72 Å². The van der Waals surface area contributed by atoms with Crippen LogP contribution >= 0.6 is 15.9 Å². The molecule has 11 heteroatoms. The largest absolute Gasteiger partial charge is 0.324 e. The van der Waals surface area contributed by atoms with Crippen LogP contribution < -0.4 is 5.32 Å². The number of hydrogen-bond acceptors (Lipinski definition) is 6. The fourth-order valence-electron chi connectivity index (χ4n) is 2.14. The fraction of sp³-hybridized carbons (Fsp3) is 0.143. The molecule has 1 amide bonds. The lowest BCUT2D eigenvalue weighted by molar-refractivity contribution is -0.385. The monoisotopic (exact) mass is 405 g/mol. The maximum absolute atomic E-state index is 12.2. The molecule has 0 aliphatic heterocycles. The summed E-state index contributed by atoms with van der Waals surface area (Å²) in [6, 6.07) is 5.38. The molecule has 0 fully saturated rings. The molecule has 0 saturated heterocycles. The van der Waals surface area contributed by atoms with Crippen LogP contribution in [0.15, 0.2) is 47.7 Å². The summed E-state index contributed by atoms with van der Waals surface area (Å²) in [7, 11) is 0. The predicted molar refractivity (Wildman–Crippen MR) is 91.2 cm³/mol. The summed E-state index contributed by atoms with van der Waals surface area (Å²) in [5.74, 6) is -0.252. The van der Waals surface area contributed by atoms with Crippen molar-refractivity contribution >= 4 is 33.2 Å². The summed E-state index contributed by atoms with van der Waals surface area (Å²) in [4.78, 5) is 26.2. The Bertz CT molecular complexity index is 907. The first kappa shape index (κ1) is 16.8. The first-order chi connectivity index (χ1) is 12.0. The van der Waals surface area contributed by atoms with Crippen LogP contribution in [0.5, 0.6) is 0 Å². The predicted octanol–water partition coefficient (Wildman–Crippen LogP) is 2.16. The van der Waals surface area contributed by atoms with Crippen LogP contribution in [0.2, 0.25) is 0 Å². The Morgan fingerprint density at radius 3 is 2.88 bits per heavy atom. The highest BCUT2D eigenvalue weighted by molar-refractivity contribution is 9.10. The lowest BCUT2D eigenvalue weighted by Crippen LogP contribution is -2.16. The van der Waals surface area contributed by atoms with Gasteiger partial charge in [0.2, 0.25) is 5.91 Å². The number of hydrogen-bond donors (Lipinski definition) is 1. The molecule has 0 aliphatic rings. The van der Waals surface area contributed by atoms with Gasteiger partial charge in [-0.3, -0.25) is 19.6 Å². The molecular weight excluding hydrogens is 394 g/mol. The standard InChI is InChI=1S/C14H12BrN7O3/c15-10-1-2-13(21-9-16-8-18-21)12(5-10)19-14(23)3-4-20-7-11(6-17-20)22(24)25/h1-2,5-9H,3-4H2,(H,19,23). The molecule has 2 heterocycles. The number of rotatable bonds is 6. The molecule has 0 saturated carbocycles. The van der Waals surface area contributed by atoms with Gasteiger partial charge in [-0.05, 0) is 18.2 Å². The number of nitrogens with one attached hydrogen (secondary N) is 1. The second-order valence-electron chi connectivity index (χ2n) is 5.02. The van der Waals surface area contributed by atoms with Crippen molar-refractivity contribution in [2.24, 2.45) is 0 Å². The van der Waals surface area contributed by atoms with Gasteiger partial charge in [-0.1, -0.05) is 15.9 Å². The Morgan fingerprint density at radius 1 is 1.36 bits per heavy atom. The van der Waals surface area contributed by atoms with Crippen LogP contribution in [0, 0.1) is 10.1 Å². The van der Waals surface area contributed by atoms with Crippen LogP contribution in [-0.4, -0.2) is 35.4 Å². The van der Waals surface area contributed by atoms with E-state index in [0.717, 1.165) is 10.7 Å². The van der Waals surface area contributed by atoms with E-state index < -0.39 is 4.92 Å². The van der Waals surface area contributed by atoms with Gasteiger partial charge in [0.05, 0.1) is 16.3 Å². The topological polar surface area (TPSA) is 121 Å². The van der Waals surface area contributed by atoms with Crippen LogP contribution in [0.1, 0.15) is 6.42 Å². The van der Waals surface area contributed by atoms with E-state index in [0.29, 0.717) is 11.4 Å². The van der Waals surface area contributed by atoms with Gasteiger partial charge in [0, 0.05) is 17.4 Å². The van der Waals surface area contributed by atoms with Crippen molar-refractivity contribution in [1.82, 2.24) is 24.5 Å². The third-order valence-corrected chi connectivity index (χ3v) is 3.79. The summed E-state index contributed by atoms with van der Waals surface area (Å²) < 4.78 is 3.70. The van der Waals surface area contributed by atoms with Gasteiger partial charge in [0.15, 0.2) is 0 Å². The van der Waals surface area contributed by atoms with Crippen molar-refractivity contribution in [3.8, 4) is 5.69 Å². The second kappa shape index (κ2) is 7.21. The third-order valence-electron chi connectivity index (χ3n) is 3.30. The number of carbonyl (C=O) groups is 1. The van der Waals surface area contributed by atoms with Gasteiger partial charge in [0.1, 0.15) is 25.0 Å². The van der Waals surface area contributed by atoms with Crippen molar-refractivity contribution in [2.45, 2.75) is 13.0 Å². The molecule has 0 spiro atoms. The molecule has 0 radical (unpaired) electrons. The van der Waals surface area contributed by atoms with Gasteiger partial charge in [-0.25, -0.2) is 9.67 Å². The van der Waals surface area contributed by atoms with E-state index in [4.69, 9.17) is 0 Å². The average Bonchev–Trinajstić information content (AvgIpc) is 3.25. The zero-order chi connectivity index (χ0) is 17.8. The minimum absolute atomic E-state index is 0.110. The smallest absolute Gasteiger partial charge is 0.306 e. The maximum atomic E-state index is 12.2. The molecule has 10 nitrogen and oxygen atoms in total. The molecule has 25 heavy (non-hydrogen) atoms. The van der Waals surface area contributed by atoms with E-state index in [2.05, 4.69) is 36.4 Å². The molecule has 0 atom stereocenters. The summed E-state index contributed by atoms with van der Waals surface area (Å²) in [6.45, 7) is 0.229. The van der Waals surface area contributed by atoms with Crippen molar-refractivity contribution in [3.63, 3.8) is 0 Å². The van der Waals surface area contributed by atoms with Crippen molar-refractivity contribution in [3.05, 3.63) is 57.8 Å². The van der Waals surface area contributed by atoms with E-state index in [1.807, 2.05) is 6.07 Å². The summed E-state index contributed by atoms with van der Waals surface area (Å²) in [5, 5.41) is 21.3. The zero-order valence-corrected chi connectivity index (χ0v) is 14.3. The van der Waals surface area contributed by atoms with Gasteiger partial charge in [-0.2, -0.15) is 10.2 Å². The number of aryl methyl sites for hydroxylation is 1. The fourth-order valence-corrected chi connectivity index (χ4v) is 2.50. The molecule has 2 aromatic heterocycles. The number of amides is 1. The number of aromatic nitrogens is 5. The summed E-state index contributed by atoms with van der Waals surface area (Å²) in [5.41, 5.74) is 1.13. The van der Waals surface area contributed by atoms with Gasteiger partial charge >= 0.3 is 5.69 Å². The first-order valence-electron chi connectivity index (χ1n) is 7.14. The van der Waals surface area contributed by atoms with Crippen LogP contribution in [0.25, 0.3) is 5.69 Å². The van der Waals surface area contributed by atoms with Crippen molar-refractivity contribution in [1.29, 1.82) is 0 Å². The molecule has 0 bridgehead atoms. The zero-order valence-electron chi connectivity index (χ0n) is 12.7. The SMILES string of the molecule is O=C(CCn1cc([N+](=O)[O-])cn1)Nc1cc(Br)ccc1-n1cncn1.